The largest absolute Gasteiger partial charge is 0.466 e. The normalized spacial score (nSPS) is 20.9. The lowest BCUT2D eigenvalue weighted by Crippen LogP contribution is -2.39. The van der Waals surface area contributed by atoms with Crippen LogP contribution >= 0.6 is 0 Å². The van der Waals surface area contributed by atoms with Gasteiger partial charge in [-0.2, -0.15) is 0 Å². The van der Waals surface area contributed by atoms with E-state index in [2.05, 4.69) is 11.8 Å². The van der Waals surface area contributed by atoms with Gasteiger partial charge in [0.1, 0.15) is 0 Å². The second-order valence-electron chi connectivity index (χ2n) is 3.89. The molecule has 0 aliphatic carbocycles. The van der Waals surface area contributed by atoms with Gasteiger partial charge >= 0.3 is 5.97 Å². The zero-order valence-electron chi connectivity index (χ0n) is 11.3. The van der Waals surface area contributed by atoms with Gasteiger partial charge in [-0.1, -0.05) is 20.8 Å². The summed E-state index contributed by atoms with van der Waals surface area (Å²) in [7, 11) is 0. The zero-order valence-corrected chi connectivity index (χ0v) is 11.3. The summed E-state index contributed by atoms with van der Waals surface area (Å²) >= 11 is 0. The van der Waals surface area contributed by atoms with Crippen molar-refractivity contribution in [1.29, 1.82) is 0 Å². The molecule has 16 heavy (non-hydrogen) atoms. The highest BCUT2D eigenvalue weighted by molar-refractivity contribution is 5.72. The summed E-state index contributed by atoms with van der Waals surface area (Å²) in [6, 6.07) is 0. The van der Waals surface area contributed by atoms with Gasteiger partial charge in [-0.3, -0.25) is 4.79 Å². The van der Waals surface area contributed by atoms with Gasteiger partial charge in [-0.25, -0.2) is 0 Å². The van der Waals surface area contributed by atoms with Crippen molar-refractivity contribution in [3.05, 3.63) is 0 Å². The van der Waals surface area contributed by atoms with Crippen LogP contribution < -0.4 is 0 Å². The first-order valence-electron chi connectivity index (χ1n) is 6.66. The van der Waals surface area contributed by atoms with Gasteiger partial charge in [0.15, 0.2) is 0 Å². The van der Waals surface area contributed by atoms with Crippen molar-refractivity contribution >= 4 is 5.97 Å². The smallest absolute Gasteiger partial charge is 0.310 e. The number of carbonyl (C=O) groups excluding carboxylic acids is 1. The maximum absolute atomic E-state index is 11.5. The lowest BCUT2D eigenvalue weighted by Gasteiger charge is -2.31. The van der Waals surface area contributed by atoms with Gasteiger partial charge in [0.05, 0.1) is 12.5 Å². The number of carbonyl (C=O) groups is 1. The molecule has 0 aromatic rings. The molecule has 1 unspecified atom stereocenters. The van der Waals surface area contributed by atoms with E-state index in [-0.39, 0.29) is 11.9 Å². The first kappa shape index (κ1) is 15.4. The summed E-state index contributed by atoms with van der Waals surface area (Å²) in [6.45, 7) is 11.7. The predicted molar refractivity (Wildman–Crippen MR) is 67.4 cm³/mol. The minimum absolute atomic E-state index is 0.00620. The molecular formula is C13H27NO2. The number of hydrogen-bond donors (Lipinski definition) is 0. The van der Waals surface area contributed by atoms with Crippen LogP contribution in [0, 0.1) is 5.92 Å². The van der Waals surface area contributed by atoms with Crippen LogP contribution in [0.4, 0.5) is 0 Å². The fourth-order valence-electron chi connectivity index (χ4n) is 2.03. The molecule has 0 N–H and O–H groups in total. The van der Waals surface area contributed by atoms with E-state index in [1.165, 1.54) is 0 Å². The van der Waals surface area contributed by atoms with E-state index in [0.29, 0.717) is 6.61 Å². The van der Waals surface area contributed by atoms with Crippen molar-refractivity contribution in [2.75, 3.05) is 26.2 Å². The molecule has 1 atom stereocenters. The highest BCUT2D eigenvalue weighted by Crippen LogP contribution is 2.17. The molecule has 0 saturated carbocycles. The quantitative estimate of drug-likeness (QED) is 0.694. The van der Waals surface area contributed by atoms with E-state index < -0.39 is 0 Å². The third kappa shape index (κ3) is 5.50. The molecule has 96 valence electrons. The topological polar surface area (TPSA) is 29.5 Å². The van der Waals surface area contributed by atoms with E-state index >= 15 is 0 Å². The number of likely N-dealkylation sites (tertiary alicyclic amines) is 1. The Labute approximate surface area is 100 Å². The van der Waals surface area contributed by atoms with Crippen molar-refractivity contribution in [2.45, 2.75) is 47.0 Å². The standard InChI is InChI=1S/C11H21NO2.C2H6/c1-3-7-12-8-5-6-10(9-12)11(13)14-4-2;1-2/h10H,3-9H2,1-2H3;1-2H3. The van der Waals surface area contributed by atoms with Gasteiger partial charge in [-0.15, -0.1) is 0 Å². The monoisotopic (exact) mass is 229 g/mol. The van der Waals surface area contributed by atoms with Gasteiger partial charge in [-0.05, 0) is 39.3 Å². The first-order chi connectivity index (χ1) is 7.77. The number of nitrogens with zero attached hydrogens (tertiary/aromatic N) is 1. The molecule has 0 radical (unpaired) electrons. The summed E-state index contributed by atoms with van der Waals surface area (Å²) in [5.41, 5.74) is 0. The van der Waals surface area contributed by atoms with Gasteiger partial charge in [0.2, 0.25) is 0 Å². The number of rotatable bonds is 4. The van der Waals surface area contributed by atoms with Gasteiger partial charge < -0.3 is 9.64 Å². The maximum atomic E-state index is 11.5. The fraction of sp³-hybridized carbons (Fsp3) is 0.923. The summed E-state index contributed by atoms with van der Waals surface area (Å²) in [5.74, 6) is 0.114. The zero-order chi connectivity index (χ0) is 12.4. The SMILES string of the molecule is CC.CCCN1CCCC(C(=O)OCC)C1. The van der Waals surface area contributed by atoms with Crippen LogP contribution in [-0.4, -0.2) is 37.1 Å². The molecule has 3 heteroatoms. The molecular weight excluding hydrogens is 202 g/mol. The Morgan fingerprint density at radius 1 is 1.38 bits per heavy atom. The first-order valence-corrected chi connectivity index (χ1v) is 6.66. The third-order valence-electron chi connectivity index (χ3n) is 2.67. The fourth-order valence-corrected chi connectivity index (χ4v) is 2.03. The second-order valence-corrected chi connectivity index (χ2v) is 3.89. The third-order valence-corrected chi connectivity index (χ3v) is 2.67. The van der Waals surface area contributed by atoms with Gasteiger partial charge in [0, 0.05) is 6.54 Å². The van der Waals surface area contributed by atoms with E-state index in [4.69, 9.17) is 4.74 Å². The van der Waals surface area contributed by atoms with Crippen LogP contribution in [0.2, 0.25) is 0 Å². The highest BCUT2D eigenvalue weighted by atomic mass is 16.5. The Morgan fingerprint density at radius 2 is 2.06 bits per heavy atom. The average molecular weight is 229 g/mol. The summed E-state index contributed by atoms with van der Waals surface area (Å²) in [4.78, 5) is 13.9. The van der Waals surface area contributed by atoms with Crippen LogP contribution in [0.25, 0.3) is 0 Å². The molecule has 0 bridgehead atoms. The van der Waals surface area contributed by atoms with Crippen LogP contribution in [0.5, 0.6) is 0 Å². The van der Waals surface area contributed by atoms with Gasteiger partial charge in [0.25, 0.3) is 0 Å². The van der Waals surface area contributed by atoms with Crippen LogP contribution in [-0.2, 0) is 9.53 Å². The number of ether oxygens (including phenoxy) is 1. The van der Waals surface area contributed by atoms with E-state index in [9.17, 15) is 4.79 Å². The molecule has 0 spiro atoms. The number of esters is 1. The molecule has 3 nitrogen and oxygen atoms in total. The van der Waals surface area contributed by atoms with Crippen molar-refractivity contribution in [3.63, 3.8) is 0 Å². The number of piperidine rings is 1. The molecule has 1 saturated heterocycles. The molecule has 1 heterocycles. The predicted octanol–water partition coefficient (Wildman–Crippen LogP) is 2.70. The van der Waals surface area contributed by atoms with E-state index in [0.717, 1.165) is 38.9 Å². The molecule has 1 aliphatic rings. The maximum Gasteiger partial charge on any atom is 0.310 e. The molecule has 0 aromatic carbocycles. The van der Waals surface area contributed by atoms with Crippen LogP contribution in [0.3, 0.4) is 0 Å². The Balaban J connectivity index is 0.00000106. The number of hydrogen-bond acceptors (Lipinski definition) is 3. The van der Waals surface area contributed by atoms with Crippen molar-refractivity contribution in [1.82, 2.24) is 4.90 Å². The van der Waals surface area contributed by atoms with Crippen LogP contribution in [0.1, 0.15) is 47.0 Å². The summed E-state index contributed by atoms with van der Waals surface area (Å²) < 4.78 is 5.04. The Bertz CT molecular complexity index is 181. The van der Waals surface area contributed by atoms with Crippen molar-refractivity contribution < 1.29 is 9.53 Å². The highest BCUT2D eigenvalue weighted by Gasteiger charge is 2.25. The molecule has 1 rings (SSSR count). The minimum atomic E-state index is -0.00620. The van der Waals surface area contributed by atoms with Crippen molar-refractivity contribution in [3.8, 4) is 0 Å². The van der Waals surface area contributed by atoms with Crippen molar-refractivity contribution in [2.24, 2.45) is 5.92 Å². The van der Waals surface area contributed by atoms with E-state index in [1.54, 1.807) is 0 Å². The lowest BCUT2D eigenvalue weighted by atomic mass is 9.98. The van der Waals surface area contributed by atoms with E-state index in [1.807, 2.05) is 20.8 Å². The Hall–Kier alpha value is -0.570. The minimum Gasteiger partial charge on any atom is -0.466 e. The lowest BCUT2D eigenvalue weighted by molar-refractivity contribution is -0.149. The average Bonchev–Trinajstić information content (AvgIpc) is 2.33. The van der Waals surface area contributed by atoms with Crippen LogP contribution in [0.15, 0.2) is 0 Å². The Kier molecular flexibility index (Phi) is 9.30. The molecule has 0 amide bonds. The molecule has 1 aliphatic heterocycles. The molecule has 0 aromatic heterocycles. The summed E-state index contributed by atoms with van der Waals surface area (Å²) in [6.07, 6.45) is 3.29. The summed E-state index contributed by atoms with van der Waals surface area (Å²) in [5, 5.41) is 0. The second kappa shape index (κ2) is 9.64. The Morgan fingerprint density at radius 3 is 2.62 bits per heavy atom. The molecule has 1 fully saturated rings.